The zero-order chi connectivity index (χ0) is 8.32. The van der Waals surface area contributed by atoms with Gasteiger partial charge in [0.1, 0.15) is 5.75 Å². The molecular weight excluding hydrogens is 190 g/mol. The van der Waals surface area contributed by atoms with Crippen LogP contribution in [0.5, 0.6) is 5.75 Å². The minimum atomic E-state index is -4.64. The quantitative estimate of drug-likeness (QED) is 0.420. The van der Waals surface area contributed by atoms with E-state index in [1.807, 2.05) is 0 Å². The summed E-state index contributed by atoms with van der Waals surface area (Å²) in [6.45, 7) is 0. The van der Waals surface area contributed by atoms with Crippen LogP contribution in [-0.4, -0.2) is 4.89 Å². The van der Waals surface area contributed by atoms with E-state index < -0.39 is 7.82 Å². The van der Waals surface area contributed by atoms with Gasteiger partial charge in [0.15, 0.2) is 0 Å². The fourth-order valence-corrected chi connectivity index (χ4v) is 1.00. The van der Waals surface area contributed by atoms with Crippen molar-refractivity contribution < 1.29 is 48.4 Å². The molecule has 1 atom stereocenters. The van der Waals surface area contributed by atoms with Crippen molar-refractivity contribution in [1.29, 1.82) is 0 Å². The third-order valence-corrected chi connectivity index (χ3v) is 1.41. The number of phosphoric ester groups is 1. The third-order valence-electron chi connectivity index (χ3n) is 0.964. The van der Waals surface area contributed by atoms with Crippen molar-refractivity contribution in [2.75, 3.05) is 0 Å². The molecule has 1 rings (SSSR count). The normalized spacial score (nSPS) is 14.2. The molecule has 1 N–H and O–H groups in total. The average molecular weight is 196 g/mol. The van der Waals surface area contributed by atoms with Gasteiger partial charge < -0.3 is 14.3 Å². The Balaban J connectivity index is 0.00000121. The van der Waals surface area contributed by atoms with Crippen molar-refractivity contribution >= 4 is 7.82 Å². The summed E-state index contributed by atoms with van der Waals surface area (Å²) < 4.78 is 14.3. The molecule has 0 bridgehead atoms. The number of hydrogen-bond acceptors (Lipinski definition) is 3. The Kier molecular flexibility index (Phi) is 5.09. The van der Waals surface area contributed by atoms with E-state index in [0.29, 0.717) is 0 Å². The molecule has 0 heterocycles. The van der Waals surface area contributed by atoms with Crippen molar-refractivity contribution in [3.05, 3.63) is 30.3 Å². The molecule has 0 radical (unpaired) electrons. The fraction of sp³-hybridized carbons (Fsp3) is 0. The molecule has 1 unspecified atom stereocenters. The Hall–Kier alpha value is 0.170. The summed E-state index contributed by atoms with van der Waals surface area (Å²) in [6.07, 6.45) is 0. The first-order valence-corrected chi connectivity index (χ1v) is 4.36. The summed E-state index contributed by atoms with van der Waals surface area (Å²) in [5, 5.41) is 0. The Morgan fingerprint density at radius 2 is 1.83 bits per heavy atom. The van der Waals surface area contributed by atoms with Gasteiger partial charge in [-0.1, -0.05) is 18.2 Å². The van der Waals surface area contributed by atoms with Crippen molar-refractivity contribution in [2.24, 2.45) is 0 Å². The van der Waals surface area contributed by atoms with Crippen LogP contribution in [0.1, 0.15) is 0 Å². The van der Waals surface area contributed by atoms with Gasteiger partial charge in [-0.15, -0.1) is 0 Å². The number of rotatable bonds is 2. The molecule has 0 fully saturated rings. The van der Waals surface area contributed by atoms with Crippen molar-refractivity contribution in [3.63, 3.8) is 0 Å². The van der Waals surface area contributed by atoms with Crippen molar-refractivity contribution in [3.8, 4) is 5.75 Å². The van der Waals surface area contributed by atoms with E-state index in [4.69, 9.17) is 4.89 Å². The number of para-hydroxylation sites is 1. The second-order valence-electron chi connectivity index (χ2n) is 1.87. The molecule has 4 nitrogen and oxygen atoms in total. The SMILES string of the molecule is O=P([O-])(O)Oc1ccccc1.[Na+]. The summed E-state index contributed by atoms with van der Waals surface area (Å²) in [7, 11) is -4.64. The van der Waals surface area contributed by atoms with Gasteiger partial charge in [0.2, 0.25) is 0 Å². The molecule has 0 saturated heterocycles. The molecule has 0 amide bonds. The smallest absolute Gasteiger partial charge is 0.746 e. The second kappa shape index (κ2) is 5.02. The van der Waals surface area contributed by atoms with E-state index in [1.165, 1.54) is 12.1 Å². The van der Waals surface area contributed by atoms with Crippen molar-refractivity contribution in [2.45, 2.75) is 0 Å². The van der Waals surface area contributed by atoms with Crippen LogP contribution in [0.2, 0.25) is 0 Å². The Bertz CT molecular complexity index is 270. The van der Waals surface area contributed by atoms with Crippen LogP contribution in [0.25, 0.3) is 0 Å². The van der Waals surface area contributed by atoms with Crippen molar-refractivity contribution in [1.82, 2.24) is 0 Å². The van der Waals surface area contributed by atoms with E-state index in [9.17, 15) is 9.46 Å². The summed E-state index contributed by atoms with van der Waals surface area (Å²) >= 11 is 0. The minimum absolute atomic E-state index is 0. The van der Waals surface area contributed by atoms with Crippen LogP contribution >= 0.6 is 7.82 Å². The van der Waals surface area contributed by atoms with E-state index in [1.54, 1.807) is 18.2 Å². The fourth-order valence-electron chi connectivity index (χ4n) is 0.615. The van der Waals surface area contributed by atoms with Crippen LogP contribution in [0.4, 0.5) is 0 Å². The number of phosphoric acid groups is 1. The van der Waals surface area contributed by atoms with Gasteiger partial charge in [-0.2, -0.15) is 0 Å². The average Bonchev–Trinajstić information content (AvgIpc) is 1.85. The minimum Gasteiger partial charge on any atom is -0.746 e. The third kappa shape index (κ3) is 4.93. The van der Waals surface area contributed by atoms with Crippen LogP contribution in [0, 0.1) is 0 Å². The van der Waals surface area contributed by atoms with Gasteiger partial charge in [0, 0.05) is 0 Å². The van der Waals surface area contributed by atoms with Crippen LogP contribution in [0.3, 0.4) is 0 Å². The van der Waals surface area contributed by atoms with Crippen LogP contribution in [-0.2, 0) is 4.57 Å². The maximum absolute atomic E-state index is 10.2. The molecular formula is C6H6NaO4P. The number of hydrogen-bond donors (Lipinski definition) is 1. The molecule has 60 valence electrons. The predicted molar refractivity (Wildman–Crippen MR) is 36.9 cm³/mol. The van der Waals surface area contributed by atoms with E-state index in [-0.39, 0.29) is 35.3 Å². The Labute approximate surface area is 92.1 Å². The van der Waals surface area contributed by atoms with Gasteiger partial charge in [-0.05, 0) is 12.1 Å². The predicted octanol–water partition coefficient (Wildman–Crippen LogP) is -2.47. The Morgan fingerprint density at radius 3 is 2.25 bits per heavy atom. The monoisotopic (exact) mass is 196 g/mol. The summed E-state index contributed by atoms with van der Waals surface area (Å²) in [6, 6.07) is 7.78. The van der Waals surface area contributed by atoms with Crippen LogP contribution < -0.4 is 39.0 Å². The van der Waals surface area contributed by atoms with Gasteiger partial charge >= 0.3 is 37.4 Å². The number of benzene rings is 1. The first kappa shape index (κ1) is 12.2. The van der Waals surface area contributed by atoms with E-state index in [2.05, 4.69) is 4.52 Å². The molecule has 0 aromatic heterocycles. The maximum atomic E-state index is 10.2. The van der Waals surface area contributed by atoms with E-state index >= 15 is 0 Å². The van der Waals surface area contributed by atoms with Gasteiger partial charge in [-0.25, -0.2) is 0 Å². The first-order valence-electron chi connectivity index (χ1n) is 2.86. The largest absolute Gasteiger partial charge is 1.00 e. The standard InChI is InChI=1S/C6H7O4P.Na/c7-11(8,9)10-6-4-2-1-3-5-6;/h1-5H,(H2,7,8,9);/q;+1/p-1. The Morgan fingerprint density at radius 1 is 1.33 bits per heavy atom. The molecule has 0 aliphatic carbocycles. The molecule has 0 spiro atoms. The molecule has 6 heteroatoms. The zero-order valence-electron chi connectivity index (χ0n) is 6.51. The first-order chi connectivity index (χ1) is 5.08. The summed E-state index contributed by atoms with van der Waals surface area (Å²) in [5.74, 6) is 0.105. The summed E-state index contributed by atoms with van der Waals surface area (Å²) in [4.78, 5) is 18.4. The maximum Gasteiger partial charge on any atom is 1.00 e. The molecule has 0 aliphatic heterocycles. The molecule has 0 aliphatic rings. The molecule has 12 heavy (non-hydrogen) atoms. The van der Waals surface area contributed by atoms with Gasteiger partial charge in [0.05, 0.1) is 0 Å². The molecule has 1 aromatic carbocycles. The topological polar surface area (TPSA) is 69.6 Å². The van der Waals surface area contributed by atoms with Crippen LogP contribution in [0.15, 0.2) is 30.3 Å². The molecule has 0 saturated carbocycles. The van der Waals surface area contributed by atoms with Gasteiger partial charge in [0.25, 0.3) is 0 Å². The summed E-state index contributed by atoms with van der Waals surface area (Å²) in [5.41, 5.74) is 0. The second-order valence-corrected chi connectivity index (χ2v) is 2.99. The van der Waals surface area contributed by atoms with Gasteiger partial charge in [-0.3, -0.25) is 4.57 Å². The molecule has 1 aromatic rings. The van der Waals surface area contributed by atoms with E-state index in [0.717, 1.165) is 0 Å². The zero-order valence-corrected chi connectivity index (χ0v) is 9.40.